The minimum atomic E-state index is -0.600. The minimum absolute atomic E-state index is 0.109. The Hall–Kier alpha value is -3.35. The number of ketones is 1. The van der Waals surface area contributed by atoms with Crippen molar-refractivity contribution in [2.24, 2.45) is 0 Å². The maximum atomic E-state index is 12.9. The monoisotopic (exact) mass is 325 g/mol. The molecule has 2 aromatic carbocycles. The number of nitrogens with zero attached hydrogens (tertiary/aromatic N) is 2. The van der Waals surface area contributed by atoms with Gasteiger partial charge in [-0.3, -0.25) is 9.59 Å². The second kappa shape index (κ2) is 6.41. The average molecular weight is 325 g/mol. The molecule has 0 saturated carbocycles. The van der Waals surface area contributed by atoms with E-state index in [-0.39, 0.29) is 23.4 Å². The van der Waals surface area contributed by atoms with Crippen molar-refractivity contribution in [2.45, 2.75) is 6.92 Å². The van der Waals surface area contributed by atoms with Gasteiger partial charge in [0.2, 0.25) is 5.89 Å². The zero-order valence-corrected chi connectivity index (χ0v) is 12.6. The summed E-state index contributed by atoms with van der Waals surface area (Å²) in [6.07, 6.45) is 0. The molecule has 0 aliphatic rings. The van der Waals surface area contributed by atoms with Gasteiger partial charge in [0.1, 0.15) is 5.82 Å². The van der Waals surface area contributed by atoms with Crippen LogP contribution in [-0.4, -0.2) is 21.9 Å². The first-order valence-electron chi connectivity index (χ1n) is 7.05. The molecule has 0 saturated heterocycles. The highest BCUT2D eigenvalue weighted by molar-refractivity contribution is 6.02. The van der Waals surface area contributed by atoms with E-state index < -0.39 is 5.91 Å². The first kappa shape index (κ1) is 15.5. The highest BCUT2D eigenvalue weighted by atomic mass is 19.1. The number of aromatic nitrogens is 2. The Balaban J connectivity index is 1.77. The van der Waals surface area contributed by atoms with Crippen LogP contribution in [0.25, 0.3) is 11.5 Å². The van der Waals surface area contributed by atoms with Gasteiger partial charge in [-0.15, -0.1) is 10.2 Å². The summed E-state index contributed by atoms with van der Waals surface area (Å²) in [5.41, 5.74) is 1.42. The van der Waals surface area contributed by atoms with Crippen LogP contribution in [-0.2, 0) is 0 Å². The SMILES string of the molecule is CC(=O)c1cccc(NC(=O)c2nnc(-c3ccc(F)cc3)o2)c1. The van der Waals surface area contributed by atoms with Crippen molar-refractivity contribution in [3.63, 3.8) is 0 Å². The van der Waals surface area contributed by atoms with Gasteiger partial charge < -0.3 is 9.73 Å². The van der Waals surface area contributed by atoms with Crippen LogP contribution in [0.4, 0.5) is 10.1 Å². The molecular weight excluding hydrogens is 313 g/mol. The van der Waals surface area contributed by atoms with Gasteiger partial charge in [0, 0.05) is 16.8 Å². The lowest BCUT2D eigenvalue weighted by molar-refractivity contribution is 0.0987. The summed E-state index contributed by atoms with van der Waals surface area (Å²) < 4.78 is 18.2. The van der Waals surface area contributed by atoms with E-state index >= 15 is 0 Å². The van der Waals surface area contributed by atoms with Crippen LogP contribution < -0.4 is 5.32 Å². The number of hydrogen-bond donors (Lipinski definition) is 1. The quantitative estimate of drug-likeness (QED) is 0.744. The Morgan fingerprint density at radius 3 is 2.54 bits per heavy atom. The van der Waals surface area contributed by atoms with E-state index in [4.69, 9.17) is 4.42 Å². The summed E-state index contributed by atoms with van der Waals surface area (Å²) in [4.78, 5) is 23.5. The Morgan fingerprint density at radius 2 is 1.83 bits per heavy atom. The fraction of sp³-hybridized carbons (Fsp3) is 0.0588. The van der Waals surface area contributed by atoms with Crippen LogP contribution >= 0.6 is 0 Å². The molecule has 0 unspecified atom stereocenters. The number of carbonyl (C=O) groups excluding carboxylic acids is 2. The maximum absolute atomic E-state index is 12.9. The van der Waals surface area contributed by atoms with E-state index in [9.17, 15) is 14.0 Å². The molecule has 120 valence electrons. The third-order valence-corrected chi connectivity index (χ3v) is 3.24. The highest BCUT2D eigenvalue weighted by Crippen LogP contribution is 2.19. The van der Waals surface area contributed by atoms with Crippen molar-refractivity contribution in [3.8, 4) is 11.5 Å². The molecule has 1 amide bonds. The number of anilines is 1. The molecule has 3 aromatic rings. The molecule has 24 heavy (non-hydrogen) atoms. The summed E-state index contributed by atoms with van der Waals surface area (Å²) in [5, 5.41) is 10.0. The third-order valence-electron chi connectivity index (χ3n) is 3.24. The summed E-state index contributed by atoms with van der Waals surface area (Å²) in [5.74, 6) is -1.22. The lowest BCUT2D eigenvalue weighted by Crippen LogP contribution is -2.12. The van der Waals surface area contributed by atoms with Gasteiger partial charge in [0.25, 0.3) is 0 Å². The van der Waals surface area contributed by atoms with Gasteiger partial charge in [-0.25, -0.2) is 4.39 Å². The van der Waals surface area contributed by atoms with Crippen molar-refractivity contribution in [2.75, 3.05) is 5.32 Å². The number of hydrogen-bond acceptors (Lipinski definition) is 5. The molecule has 3 rings (SSSR count). The third kappa shape index (κ3) is 3.35. The van der Waals surface area contributed by atoms with Crippen LogP contribution in [0.3, 0.4) is 0 Å². The number of nitrogens with one attached hydrogen (secondary N) is 1. The normalized spacial score (nSPS) is 10.4. The van der Waals surface area contributed by atoms with Crippen molar-refractivity contribution < 1.29 is 18.4 Å². The van der Waals surface area contributed by atoms with Gasteiger partial charge in [-0.1, -0.05) is 12.1 Å². The standard InChI is InChI=1S/C17H12FN3O3/c1-10(22)12-3-2-4-14(9-12)19-15(23)17-21-20-16(24-17)11-5-7-13(18)8-6-11/h2-9H,1H3,(H,19,23). The topological polar surface area (TPSA) is 85.1 Å². The number of Topliss-reactive ketones (excluding diaryl/α,β-unsaturated/α-hetero) is 1. The first-order chi connectivity index (χ1) is 11.5. The minimum Gasteiger partial charge on any atom is -0.412 e. The molecule has 0 aliphatic carbocycles. The van der Waals surface area contributed by atoms with Gasteiger partial charge in [0.05, 0.1) is 0 Å². The lowest BCUT2D eigenvalue weighted by Gasteiger charge is -2.03. The smallest absolute Gasteiger partial charge is 0.313 e. The molecule has 1 aromatic heterocycles. The maximum Gasteiger partial charge on any atom is 0.313 e. The predicted molar refractivity (Wildman–Crippen MR) is 84.1 cm³/mol. The van der Waals surface area contributed by atoms with Crippen molar-refractivity contribution in [3.05, 3.63) is 65.8 Å². The zero-order chi connectivity index (χ0) is 17.1. The van der Waals surface area contributed by atoms with E-state index in [1.54, 1.807) is 24.3 Å². The summed E-state index contributed by atoms with van der Waals surface area (Å²) in [6, 6.07) is 12.0. The van der Waals surface area contributed by atoms with Gasteiger partial charge in [0.15, 0.2) is 5.78 Å². The van der Waals surface area contributed by atoms with Crippen molar-refractivity contribution in [1.82, 2.24) is 10.2 Å². The second-order valence-electron chi connectivity index (χ2n) is 5.01. The van der Waals surface area contributed by atoms with E-state index in [1.165, 1.54) is 31.2 Å². The molecule has 0 aliphatic heterocycles. The molecular formula is C17H12FN3O3. The Labute approximate surface area is 136 Å². The largest absolute Gasteiger partial charge is 0.412 e. The molecule has 0 fully saturated rings. The van der Waals surface area contributed by atoms with Gasteiger partial charge in [-0.05, 0) is 43.3 Å². The van der Waals surface area contributed by atoms with E-state index in [1.807, 2.05) is 0 Å². The zero-order valence-electron chi connectivity index (χ0n) is 12.6. The number of halogens is 1. The molecule has 0 spiro atoms. The Kier molecular flexibility index (Phi) is 4.15. The molecule has 0 radical (unpaired) electrons. The number of carbonyl (C=O) groups is 2. The first-order valence-corrected chi connectivity index (χ1v) is 7.05. The van der Waals surface area contributed by atoms with Gasteiger partial charge in [-0.2, -0.15) is 0 Å². The highest BCUT2D eigenvalue weighted by Gasteiger charge is 2.16. The van der Waals surface area contributed by atoms with E-state index in [0.29, 0.717) is 16.8 Å². The fourth-order valence-corrected chi connectivity index (χ4v) is 2.02. The summed E-state index contributed by atoms with van der Waals surface area (Å²) in [7, 11) is 0. The van der Waals surface area contributed by atoms with Crippen molar-refractivity contribution in [1.29, 1.82) is 0 Å². The summed E-state index contributed by atoms with van der Waals surface area (Å²) >= 11 is 0. The van der Waals surface area contributed by atoms with Crippen LogP contribution in [0.15, 0.2) is 52.9 Å². The van der Waals surface area contributed by atoms with E-state index in [2.05, 4.69) is 15.5 Å². The molecule has 1 N–H and O–H groups in total. The number of rotatable bonds is 4. The average Bonchev–Trinajstić information content (AvgIpc) is 3.06. The Bertz CT molecular complexity index is 903. The van der Waals surface area contributed by atoms with Crippen LogP contribution in [0, 0.1) is 5.82 Å². The van der Waals surface area contributed by atoms with E-state index in [0.717, 1.165) is 0 Å². The summed E-state index contributed by atoms with van der Waals surface area (Å²) in [6.45, 7) is 1.44. The molecule has 7 heteroatoms. The Morgan fingerprint density at radius 1 is 1.08 bits per heavy atom. The molecule has 0 atom stereocenters. The van der Waals surface area contributed by atoms with Crippen LogP contribution in [0.5, 0.6) is 0 Å². The number of amides is 1. The molecule has 0 bridgehead atoms. The molecule has 6 nitrogen and oxygen atoms in total. The van der Waals surface area contributed by atoms with Gasteiger partial charge >= 0.3 is 11.8 Å². The predicted octanol–water partition coefficient (Wildman–Crippen LogP) is 3.33. The van der Waals surface area contributed by atoms with Crippen LogP contribution in [0.1, 0.15) is 28.0 Å². The number of benzene rings is 2. The van der Waals surface area contributed by atoms with Crippen LogP contribution in [0.2, 0.25) is 0 Å². The second-order valence-corrected chi connectivity index (χ2v) is 5.01. The lowest BCUT2D eigenvalue weighted by atomic mass is 10.1. The van der Waals surface area contributed by atoms with Crippen molar-refractivity contribution >= 4 is 17.4 Å². The molecule has 1 heterocycles. The fourth-order valence-electron chi connectivity index (χ4n) is 2.02.